The van der Waals surface area contributed by atoms with Crippen molar-refractivity contribution in [2.45, 2.75) is 12.0 Å². The number of amides is 1. The predicted molar refractivity (Wildman–Crippen MR) is 58.6 cm³/mol. The maximum atomic E-state index is 13.8. The lowest BCUT2D eigenvalue weighted by atomic mass is 9.99. The maximum absolute atomic E-state index is 13.8. The molecule has 1 amide bonds. The van der Waals surface area contributed by atoms with Crippen LogP contribution in [0.25, 0.3) is 0 Å². The lowest BCUT2D eigenvalue weighted by Gasteiger charge is -2.32. The van der Waals surface area contributed by atoms with Crippen LogP contribution in [0.2, 0.25) is 10.0 Å². The van der Waals surface area contributed by atoms with Crippen LogP contribution in [0.1, 0.15) is 11.6 Å². The Morgan fingerprint density at radius 1 is 1.33 bits per heavy atom. The zero-order valence-corrected chi connectivity index (χ0v) is 10.2. The smallest absolute Gasteiger partial charge is 0.408 e. The molecule has 1 aromatic rings. The summed E-state index contributed by atoms with van der Waals surface area (Å²) in [6, 6.07) is 0.409. The normalized spacial score (nSPS) is 22.3. The standard InChI is InChI=1S/C10H6Cl2F3NO2/c11-4-1-2-5(12)7(13)6(4)8-10(14,15)3-18-9(17)16-8/h1-2,8H,3H2,(H,16,17)/t8-/m0/s1. The highest BCUT2D eigenvalue weighted by Gasteiger charge is 2.48. The number of hydrogen-bond donors (Lipinski definition) is 1. The van der Waals surface area contributed by atoms with Crippen LogP contribution in [0.4, 0.5) is 18.0 Å². The van der Waals surface area contributed by atoms with Gasteiger partial charge < -0.3 is 10.1 Å². The lowest BCUT2D eigenvalue weighted by molar-refractivity contribution is -0.104. The van der Waals surface area contributed by atoms with Crippen molar-refractivity contribution >= 4 is 29.3 Å². The number of carbonyl (C=O) groups is 1. The van der Waals surface area contributed by atoms with Gasteiger partial charge in [-0.2, -0.15) is 0 Å². The average molecular weight is 300 g/mol. The summed E-state index contributed by atoms with van der Waals surface area (Å²) in [6.07, 6.45) is -1.07. The highest BCUT2D eigenvalue weighted by molar-refractivity contribution is 6.33. The van der Waals surface area contributed by atoms with Crippen LogP contribution in [0, 0.1) is 5.82 Å². The molecule has 2 rings (SSSR count). The van der Waals surface area contributed by atoms with Gasteiger partial charge in [0, 0.05) is 10.6 Å². The van der Waals surface area contributed by atoms with E-state index in [9.17, 15) is 18.0 Å². The minimum Gasteiger partial charge on any atom is -0.443 e. The van der Waals surface area contributed by atoms with Crippen molar-refractivity contribution in [3.63, 3.8) is 0 Å². The Hall–Kier alpha value is -1.14. The summed E-state index contributed by atoms with van der Waals surface area (Å²) in [5.41, 5.74) is -0.550. The van der Waals surface area contributed by atoms with Crippen LogP contribution in [0.3, 0.4) is 0 Å². The molecule has 1 saturated heterocycles. The molecule has 0 unspecified atom stereocenters. The Morgan fingerprint density at radius 3 is 2.61 bits per heavy atom. The molecule has 1 aromatic carbocycles. The second-order valence-electron chi connectivity index (χ2n) is 3.67. The number of alkyl carbamates (subject to hydrolysis) is 1. The minimum atomic E-state index is -3.48. The Balaban J connectivity index is 2.52. The Kier molecular flexibility index (Phi) is 3.33. The van der Waals surface area contributed by atoms with Crippen molar-refractivity contribution < 1.29 is 22.7 Å². The second-order valence-corrected chi connectivity index (χ2v) is 4.49. The average Bonchev–Trinajstić information content (AvgIpc) is 2.29. The highest BCUT2D eigenvalue weighted by atomic mass is 35.5. The molecule has 3 nitrogen and oxygen atoms in total. The van der Waals surface area contributed by atoms with Gasteiger partial charge >= 0.3 is 12.0 Å². The summed E-state index contributed by atoms with van der Waals surface area (Å²) in [6.45, 7) is -1.15. The van der Waals surface area contributed by atoms with Crippen molar-refractivity contribution in [3.05, 3.63) is 33.6 Å². The lowest BCUT2D eigenvalue weighted by Crippen LogP contribution is -2.50. The van der Waals surface area contributed by atoms with Crippen molar-refractivity contribution in [2.75, 3.05) is 6.61 Å². The quantitative estimate of drug-likeness (QED) is 0.805. The van der Waals surface area contributed by atoms with Gasteiger partial charge in [-0.25, -0.2) is 18.0 Å². The van der Waals surface area contributed by atoms with E-state index < -0.39 is 36.0 Å². The van der Waals surface area contributed by atoms with Crippen LogP contribution >= 0.6 is 23.2 Å². The molecule has 8 heteroatoms. The van der Waals surface area contributed by atoms with Crippen LogP contribution in [-0.2, 0) is 4.74 Å². The summed E-state index contributed by atoms with van der Waals surface area (Å²) in [5, 5.41) is 1.24. The van der Waals surface area contributed by atoms with Crippen LogP contribution in [0.15, 0.2) is 12.1 Å². The largest absolute Gasteiger partial charge is 0.443 e. The third-order valence-electron chi connectivity index (χ3n) is 2.45. The first-order chi connectivity index (χ1) is 8.33. The van der Waals surface area contributed by atoms with E-state index in [0.29, 0.717) is 0 Å². The van der Waals surface area contributed by atoms with E-state index in [4.69, 9.17) is 23.2 Å². The van der Waals surface area contributed by atoms with Gasteiger partial charge in [0.25, 0.3) is 0 Å². The fourth-order valence-corrected chi connectivity index (χ4v) is 2.02. The second kappa shape index (κ2) is 4.51. The monoisotopic (exact) mass is 299 g/mol. The third-order valence-corrected chi connectivity index (χ3v) is 3.07. The SMILES string of the molecule is O=C1N[C@@H](c2c(Cl)ccc(Cl)c2F)C(F)(F)CO1. The zero-order chi connectivity index (χ0) is 13.5. The fourth-order valence-electron chi connectivity index (χ4n) is 1.60. The number of hydrogen-bond acceptors (Lipinski definition) is 2. The molecule has 18 heavy (non-hydrogen) atoms. The van der Waals surface area contributed by atoms with E-state index in [0.717, 1.165) is 6.07 Å². The van der Waals surface area contributed by atoms with Crippen molar-refractivity contribution in [3.8, 4) is 0 Å². The van der Waals surface area contributed by atoms with E-state index in [1.165, 1.54) is 6.07 Å². The van der Waals surface area contributed by atoms with Gasteiger partial charge in [0.2, 0.25) is 0 Å². The van der Waals surface area contributed by atoms with E-state index in [2.05, 4.69) is 4.74 Å². The van der Waals surface area contributed by atoms with Crippen molar-refractivity contribution in [2.24, 2.45) is 0 Å². The molecule has 0 spiro atoms. The van der Waals surface area contributed by atoms with E-state index >= 15 is 0 Å². The number of cyclic esters (lactones) is 1. The number of rotatable bonds is 1. The molecule has 1 aliphatic rings. The molecule has 1 atom stereocenters. The van der Waals surface area contributed by atoms with Gasteiger partial charge in [0.1, 0.15) is 11.9 Å². The molecular formula is C10H6Cl2F3NO2. The molecule has 0 aliphatic carbocycles. The number of alkyl halides is 2. The summed E-state index contributed by atoms with van der Waals surface area (Å²) in [7, 11) is 0. The van der Waals surface area contributed by atoms with Gasteiger partial charge in [0.15, 0.2) is 6.61 Å². The summed E-state index contributed by atoms with van der Waals surface area (Å²) in [5.74, 6) is -4.57. The molecular weight excluding hydrogens is 294 g/mol. The number of benzene rings is 1. The molecule has 1 N–H and O–H groups in total. The first-order valence-corrected chi connectivity index (χ1v) is 5.53. The summed E-state index contributed by atoms with van der Waals surface area (Å²) >= 11 is 11.2. The fraction of sp³-hybridized carbons (Fsp3) is 0.300. The van der Waals surface area contributed by atoms with Gasteiger partial charge in [-0.3, -0.25) is 0 Å². The predicted octanol–water partition coefficient (Wildman–Crippen LogP) is 3.55. The van der Waals surface area contributed by atoms with E-state index in [1.807, 2.05) is 5.32 Å². The van der Waals surface area contributed by atoms with Crippen molar-refractivity contribution in [1.82, 2.24) is 5.32 Å². The summed E-state index contributed by atoms with van der Waals surface area (Å²) < 4.78 is 45.2. The highest BCUT2D eigenvalue weighted by Crippen LogP contribution is 2.40. The molecule has 0 saturated carbocycles. The molecule has 98 valence electrons. The Morgan fingerprint density at radius 2 is 1.94 bits per heavy atom. The minimum absolute atomic E-state index is 0.247. The van der Waals surface area contributed by atoms with Gasteiger partial charge in [-0.15, -0.1) is 0 Å². The van der Waals surface area contributed by atoms with Crippen molar-refractivity contribution in [1.29, 1.82) is 0 Å². The Labute approximate surface area is 110 Å². The first kappa shape index (κ1) is 13.3. The Bertz CT molecular complexity index is 510. The van der Waals surface area contributed by atoms with Gasteiger partial charge in [-0.05, 0) is 12.1 Å². The zero-order valence-electron chi connectivity index (χ0n) is 8.65. The number of ether oxygens (including phenoxy) is 1. The third kappa shape index (κ3) is 2.22. The molecule has 0 aromatic heterocycles. The maximum Gasteiger partial charge on any atom is 0.408 e. The molecule has 1 aliphatic heterocycles. The topological polar surface area (TPSA) is 38.3 Å². The van der Waals surface area contributed by atoms with Gasteiger partial charge in [-0.1, -0.05) is 23.2 Å². The summed E-state index contributed by atoms with van der Waals surface area (Å²) in [4.78, 5) is 11.0. The first-order valence-electron chi connectivity index (χ1n) is 4.77. The van der Waals surface area contributed by atoms with Crippen LogP contribution < -0.4 is 5.32 Å². The number of halogens is 5. The number of carbonyl (C=O) groups excluding carboxylic acids is 1. The molecule has 1 fully saturated rings. The molecule has 0 radical (unpaired) electrons. The number of nitrogens with one attached hydrogen (secondary N) is 1. The van der Waals surface area contributed by atoms with Crippen LogP contribution in [-0.4, -0.2) is 18.6 Å². The molecule has 0 bridgehead atoms. The van der Waals surface area contributed by atoms with E-state index in [-0.39, 0.29) is 10.0 Å². The molecule has 1 heterocycles. The van der Waals surface area contributed by atoms with Gasteiger partial charge in [0.05, 0.1) is 5.02 Å². The van der Waals surface area contributed by atoms with E-state index in [1.54, 1.807) is 0 Å². The van der Waals surface area contributed by atoms with Crippen LogP contribution in [0.5, 0.6) is 0 Å².